The molecular formula is C33H35FN6O. The lowest BCUT2D eigenvalue weighted by Crippen LogP contribution is -2.37. The first kappa shape index (κ1) is 26.9. The molecule has 0 atom stereocenters. The average molecular weight is 551 g/mol. The molecule has 7 nitrogen and oxygen atoms in total. The molecule has 5 aromatic rings. The van der Waals surface area contributed by atoms with E-state index in [0.717, 1.165) is 90.6 Å². The van der Waals surface area contributed by atoms with Gasteiger partial charge in [-0.15, -0.1) is 0 Å². The van der Waals surface area contributed by atoms with Crippen LogP contribution in [-0.2, 0) is 17.8 Å². The van der Waals surface area contributed by atoms with Crippen LogP contribution in [0.1, 0.15) is 17.5 Å². The van der Waals surface area contributed by atoms with E-state index in [-0.39, 0.29) is 5.82 Å². The smallest absolute Gasteiger partial charge is 0.141 e. The Balaban J connectivity index is 1.13. The quantitative estimate of drug-likeness (QED) is 0.204. The molecule has 6 rings (SSSR count). The summed E-state index contributed by atoms with van der Waals surface area (Å²) in [5.41, 5.74) is 7.13. The molecule has 1 aliphatic rings. The minimum Gasteiger partial charge on any atom is -0.381 e. The fourth-order valence-corrected chi connectivity index (χ4v) is 5.31. The lowest BCUT2D eigenvalue weighted by Gasteiger charge is -2.26. The third-order valence-corrected chi connectivity index (χ3v) is 7.57. The second-order valence-corrected chi connectivity index (χ2v) is 10.5. The van der Waals surface area contributed by atoms with Crippen molar-refractivity contribution in [3.63, 3.8) is 0 Å². The van der Waals surface area contributed by atoms with Crippen molar-refractivity contribution in [2.75, 3.05) is 43.5 Å². The predicted molar refractivity (Wildman–Crippen MR) is 163 cm³/mol. The van der Waals surface area contributed by atoms with Crippen LogP contribution < -0.4 is 10.6 Å². The average Bonchev–Trinajstić information content (AvgIpc) is 3.46. The van der Waals surface area contributed by atoms with Gasteiger partial charge in [0, 0.05) is 61.9 Å². The van der Waals surface area contributed by atoms with Crippen molar-refractivity contribution < 1.29 is 9.13 Å². The predicted octanol–water partition coefficient (Wildman–Crippen LogP) is 6.62. The van der Waals surface area contributed by atoms with E-state index in [1.54, 1.807) is 18.5 Å². The topological polar surface area (TPSA) is 67.2 Å². The van der Waals surface area contributed by atoms with E-state index < -0.39 is 0 Å². The molecule has 1 fully saturated rings. The number of rotatable bonds is 10. The number of hydrogen-bond acceptors (Lipinski definition) is 6. The van der Waals surface area contributed by atoms with Gasteiger partial charge in [0.1, 0.15) is 18.0 Å². The summed E-state index contributed by atoms with van der Waals surface area (Å²) in [7, 11) is 0. The van der Waals surface area contributed by atoms with Crippen molar-refractivity contribution in [1.82, 2.24) is 19.4 Å². The number of morpholine rings is 1. The highest BCUT2D eigenvalue weighted by atomic mass is 19.1. The van der Waals surface area contributed by atoms with Crippen LogP contribution in [0.15, 0.2) is 85.5 Å². The first-order valence-corrected chi connectivity index (χ1v) is 14.2. The van der Waals surface area contributed by atoms with E-state index in [1.165, 1.54) is 11.6 Å². The zero-order valence-electron chi connectivity index (χ0n) is 23.3. The molecule has 8 heteroatoms. The van der Waals surface area contributed by atoms with Gasteiger partial charge >= 0.3 is 0 Å². The number of fused-ring (bicyclic) bond motifs is 1. The number of halogens is 1. The Morgan fingerprint density at radius 3 is 2.68 bits per heavy atom. The molecule has 0 amide bonds. The number of aryl methyl sites for hydroxylation is 2. The van der Waals surface area contributed by atoms with Gasteiger partial charge in [0.15, 0.2) is 0 Å². The first-order chi connectivity index (χ1) is 20.1. The summed E-state index contributed by atoms with van der Waals surface area (Å²) in [4.78, 5) is 11.5. The maximum atomic E-state index is 13.5. The molecule has 0 spiro atoms. The van der Waals surface area contributed by atoms with Gasteiger partial charge in [-0.3, -0.25) is 4.90 Å². The Hall–Kier alpha value is -4.27. The van der Waals surface area contributed by atoms with E-state index in [0.29, 0.717) is 6.54 Å². The van der Waals surface area contributed by atoms with Crippen LogP contribution in [0.4, 0.5) is 21.6 Å². The molecule has 2 aromatic heterocycles. The number of nitrogens with zero attached hydrogens (tertiary/aromatic N) is 4. The van der Waals surface area contributed by atoms with Crippen LogP contribution in [0.25, 0.3) is 22.0 Å². The largest absolute Gasteiger partial charge is 0.381 e. The molecule has 0 radical (unpaired) electrons. The maximum absolute atomic E-state index is 13.5. The normalized spacial score (nSPS) is 13.9. The van der Waals surface area contributed by atoms with Crippen molar-refractivity contribution in [3.8, 4) is 11.1 Å². The van der Waals surface area contributed by atoms with Crippen molar-refractivity contribution in [3.05, 3.63) is 102 Å². The van der Waals surface area contributed by atoms with Gasteiger partial charge in [0.2, 0.25) is 0 Å². The molecule has 0 saturated carbocycles. The van der Waals surface area contributed by atoms with Gasteiger partial charge in [-0.05, 0) is 84.1 Å². The standard InChI is InChI=1S/C33H35FN6O/c1-24-18-29(7-9-31(24)35-21-25-4-2-5-28(34)19-25)38-33-30-20-26(6-8-32(30)36-23-37-33)27-10-13-40(22-27)12-3-11-39-14-16-41-17-15-39/h2,4-10,13,18-20,22-23,35H,3,11-12,14-17,21H2,1H3,(H,36,37,38). The molecule has 210 valence electrons. The van der Waals surface area contributed by atoms with Gasteiger partial charge in [0.25, 0.3) is 0 Å². The second kappa shape index (κ2) is 12.5. The van der Waals surface area contributed by atoms with Crippen LogP contribution >= 0.6 is 0 Å². The van der Waals surface area contributed by atoms with Gasteiger partial charge in [0.05, 0.1) is 18.7 Å². The number of aromatic nitrogens is 3. The van der Waals surface area contributed by atoms with E-state index >= 15 is 0 Å². The number of nitrogens with one attached hydrogen (secondary N) is 2. The van der Waals surface area contributed by atoms with Gasteiger partial charge in [-0.1, -0.05) is 18.2 Å². The summed E-state index contributed by atoms with van der Waals surface area (Å²) < 4.78 is 21.2. The Bertz CT molecular complexity index is 1630. The highest BCUT2D eigenvalue weighted by molar-refractivity contribution is 5.93. The summed E-state index contributed by atoms with van der Waals surface area (Å²) in [5, 5.41) is 7.87. The van der Waals surface area contributed by atoms with Crippen molar-refractivity contribution in [2.24, 2.45) is 0 Å². The lowest BCUT2D eigenvalue weighted by atomic mass is 10.1. The molecular weight excluding hydrogens is 515 g/mol. The van der Waals surface area contributed by atoms with Crippen molar-refractivity contribution in [1.29, 1.82) is 0 Å². The molecule has 0 bridgehead atoms. The highest BCUT2D eigenvalue weighted by Gasteiger charge is 2.11. The van der Waals surface area contributed by atoms with E-state index in [2.05, 4.69) is 79.7 Å². The summed E-state index contributed by atoms with van der Waals surface area (Å²) >= 11 is 0. The SMILES string of the molecule is Cc1cc(Nc2ncnc3ccc(-c4ccn(CCCN5CCOCC5)c4)cc23)ccc1NCc1cccc(F)c1. The van der Waals surface area contributed by atoms with E-state index in [4.69, 9.17) is 4.74 Å². The van der Waals surface area contributed by atoms with Crippen LogP contribution in [0.3, 0.4) is 0 Å². The zero-order chi connectivity index (χ0) is 28.0. The Labute approximate surface area is 240 Å². The highest BCUT2D eigenvalue weighted by Crippen LogP contribution is 2.30. The van der Waals surface area contributed by atoms with Crippen LogP contribution in [0.5, 0.6) is 0 Å². The summed E-state index contributed by atoms with van der Waals surface area (Å²) in [6.45, 7) is 8.46. The number of anilines is 3. The second-order valence-electron chi connectivity index (χ2n) is 10.5. The lowest BCUT2D eigenvalue weighted by molar-refractivity contribution is 0.0369. The molecule has 0 aliphatic carbocycles. The fraction of sp³-hybridized carbons (Fsp3) is 0.273. The number of benzene rings is 3. The van der Waals surface area contributed by atoms with Gasteiger partial charge in [-0.2, -0.15) is 0 Å². The van der Waals surface area contributed by atoms with Crippen molar-refractivity contribution in [2.45, 2.75) is 26.4 Å². The van der Waals surface area contributed by atoms with Gasteiger partial charge < -0.3 is 19.9 Å². The molecule has 0 unspecified atom stereocenters. The Kier molecular flexibility index (Phi) is 8.21. The zero-order valence-corrected chi connectivity index (χ0v) is 23.3. The summed E-state index contributed by atoms with van der Waals surface area (Å²) in [6, 6.07) is 21.3. The van der Waals surface area contributed by atoms with E-state index in [9.17, 15) is 4.39 Å². The van der Waals surface area contributed by atoms with Gasteiger partial charge in [-0.25, -0.2) is 14.4 Å². The van der Waals surface area contributed by atoms with Crippen LogP contribution in [0, 0.1) is 12.7 Å². The minimum absolute atomic E-state index is 0.224. The monoisotopic (exact) mass is 550 g/mol. The minimum atomic E-state index is -0.224. The molecule has 3 heterocycles. The summed E-state index contributed by atoms with van der Waals surface area (Å²) in [6.07, 6.45) is 7.09. The molecule has 1 aliphatic heterocycles. The Morgan fingerprint density at radius 1 is 0.927 bits per heavy atom. The molecule has 41 heavy (non-hydrogen) atoms. The molecule has 1 saturated heterocycles. The molecule has 3 aromatic carbocycles. The summed E-state index contributed by atoms with van der Waals surface area (Å²) in [5.74, 6) is 0.541. The third kappa shape index (κ3) is 6.73. The van der Waals surface area contributed by atoms with Crippen LogP contribution in [-0.4, -0.2) is 52.3 Å². The number of hydrogen-bond donors (Lipinski definition) is 2. The maximum Gasteiger partial charge on any atom is 0.141 e. The van der Waals surface area contributed by atoms with E-state index in [1.807, 2.05) is 18.2 Å². The Morgan fingerprint density at radius 2 is 1.83 bits per heavy atom. The number of ether oxygens (including phenoxy) is 1. The third-order valence-electron chi connectivity index (χ3n) is 7.57. The van der Waals surface area contributed by atoms with Crippen molar-refractivity contribution >= 4 is 28.1 Å². The fourth-order valence-electron chi connectivity index (χ4n) is 5.31. The molecule has 2 N–H and O–H groups in total. The first-order valence-electron chi connectivity index (χ1n) is 14.2. The van der Waals surface area contributed by atoms with Crippen LogP contribution in [0.2, 0.25) is 0 Å².